The second-order valence-electron chi connectivity index (χ2n) is 4.24. The number of aliphatic hydroxyl groups excluding tert-OH is 1. The Balaban J connectivity index is 2.65. The van der Waals surface area contributed by atoms with Crippen molar-refractivity contribution in [1.82, 2.24) is 5.32 Å². The van der Waals surface area contributed by atoms with Gasteiger partial charge in [0.05, 0.1) is 12.1 Å². The lowest BCUT2D eigenvalue weighted by Gasteiger charge is -2.24. The maximum Gasteiger partial charge on any atom is 0.244 e. The van der Waals surface area contributed by atoms with Crippen molar-refractivity contribution < 1.29 is 9.90 Å². The lowest BCUT2D eigenvalue weighted by atomic mass is 10.0. The van der Waals surface area contributed by atoms with Gasteiger partial charge in [-0.2, -0.15) is 0 Å². The molecule has 0 saturated heterocycles. The van der Waals surface area contributed by atoms with Crippen LogP contribution in [-0.4, -0.2) is 29.7 Å². The van der Waals surface area contributed by atoms with Crippen LogP contribution in [0.2, 0.25) is 0 Å². The summed E-state index contributed by atoms with van der Waals surface area (Å²) in [6.45, 7) is 3.94. The molecule has 0 unspecified atom stereocenters. The number of aliphatic hydroxyl groups is 1. The van der Waals surface area contributed by atoms with Crippen molar-refractivity contribution in [3.8, 4) is 0 Å². The minimum Gasteiger partial charge on any atom is -0.395 e. The number of anilines is 1. The van der Waals surface area contributed by atoms with Crippen molar-refractivity contribution in [3.63, 3.8) is 0 Å². The molecule has 17 heavy (non-hydrogen) atoms. The highest BCUT2D eigenvalue weighted by Crippen LogP contribution is 2.17. The van der Waals surface area contributed by atoms with Crippen molar-refractivity contribution in [3.05, 3.63) is 28.7 Å². The van der Waals surface area contributed by atoms with Crippen LogP contribution in [0.1, 0.15) is 13.8 Å². The van der Waals surface area contributed by atoms with Crippen molar-refractivity contribution >= 4 is 27.5 Å². The summed E-state index contributed by atoms with van der Waals surface area (Å²) in [6.07, 6.45) is 0. The van der Waals surface area contributed by atoms with E-state index in [1.807, 2.05) is 24.3 Å². The third-order valence-corrected chi connectivity index (χ3v) is 2.82. The number of amides is 1. The Hall–Kier alpha value is -0.910. The quantitative estimate of drug-likeness (QED) is 0.776. The van der Waals surface area contributed by atoms with E-state index >= 15 is 0 Å². The van der Waals surface area contributed by atoms with E-state index in [2.05, 4.69) is 26.6 Å². The van der Waals surface area contributed by atoms with E-state index in [0.29, 0.717) is 6.54 Å². The Labute approximate surface area is 110 Å². The summed E-state index contributed by atoms with van der Waals surface area (Å²) in [4.78, 5) is 12.0. The first kappa shape index (κ1) is 14.2. The molecule has 0 bridgehead atoms. The summed E-state index contributed by atoms with van der Waals surface area (Å²) >= 11 is 3.34. The second-order valence-corrected chi connectivity index (χ2v) is 5.16. The zero-order valence-electron chi connectivity index (χ0n) is 9.96. The van der Waals surface area contributed by atoms with Gasteiger partial charge in [-0.15, -0.1) is 0 Å². The summed E-state index contributed by atoms with van der Waals surface area (Å²) in [5.41, 5.74) is 0.0219. The molecule has 0 aliphatic carbocycles. The average molecular weight is 301 g/mol. The fourth-order valence-corrected chi connectivity index (χ4v) is 1.70. The molecule has 1 aromatic rings. The normalized spacial score (nSPS) is 11.3. The SMILES string of the molecule is CC(C)(NCCO)C(=O)Nc1cccc(Br)c1. The van der Waals surface area contributed by atoms with Gasteiger partial charge < -0.3 is 15.7 Å². The molecular weight excluding hydrogens is 284 g/mol. The third kappa shape index (κ3) is 4.46. The number of nitrogens with one attached hydrogen (secondary N) is 2. The maximum absolute atomic E-state index is 12.0. The van der Waals surface area contributed by atoms with Gasteiger partial charge in [0.15, 0.2) is 0 Å². The third-order valence-electron chi connectivity index (χ3n) is 2.33. The number of rotatable bonds is 5. The Morgan fingerprint density at radius 3 is 2.76 bits per heavy atom. The molecule has 0 aromatic heterocycles. The molecule has 0 aliphatic rings. The molecule has 0 atom stereocenters. The lowest BCUT2D eigenvalue weighted by Crippen LogP contribution is -2.50. The molecule has 0 spiro atoms. The van der Waals surface area contributed by atoms with E-state index in [-0.39, 0.29) is 12.5 Å². The van der Waals surface area contributed by atoms with Gasteiger partial charge in [-0.05, 0) is 32.0 Å². The summed E-state index contributed by atoms with van der Waals surface area (Å²) in [5.74, 6) is -0.135. The standard InChI is InChI=1S/C12H17BrN2O2/c1-12(2,14-6-7-16)11(17)15-10-5-3-4-9(13)8-10/h3-5,8,14,16H,6-7H2,1-2H3,(H,15,17). The van der Waals surface area contributed by atoms with Gasteiger partial charge in [0.2, 0.25) is 5.91 Å². The van der Waals surface area contributed by atoms with E-state index < -0.39 is 5.54 Å². The summed E-state index contributed by atoms with van der Waals surface area (Å²) in [6, 6.07) is 7.41. The molecule has 94 valence electrons. The molecule has 4 nitrogen and oxygen atoms in total. The number of carbonyl (C=O) groups excluding carboxylic acids is 1. The van der Waals surface area contributed by atoms with E-state index in [4.69, 9.17) is 5.11 Å². The van der Waals surface area contributed by atoms with Crippen LogP contribution < -0.4 is 10.6 Å². The van der Waals surface area contributed by atoms with Crippen molar-refractivity contribution in [2.75, 3.05) is 18.5 Å². The highest BCUT2D eigenvalue weighted by atomic mass is 79.9. The Bertz CT molecular complexity index is 394. The second kappa shape index (κ2) is 6.14. The summed E-state index contributed by atoms with van der Waals surface area (Å²) in [7, 11) is 0. The van der Waals surface area contributed by atoms with E-state index in [0.717, 1.165) is 10.2 Å². The number of halogens is 1. The maximum atomic E-state index is 12.0. The Morgan fingerprint density at radius 2 is 2.18 bits per heavy atom. The molecule has 1 rings (SSSR count). The van der Waals surface area contributed by atoms with Crippen LogP contribution in [0.25, 0.3) is 0 Å². The molecule has 5 heteroatoms. The first-order chi connectivity index (χ1) is 7.95. The van der Waals surface area contributed by atoms with Gasteiger partial charge in [0, 0.05) is 16.7 Å². The smallest absolute Gasteiger partial charge is 0.244 e. The Morgan fingerprint density at radius 1 is 1.47 bits per heavy atom. The molecule has 1 amide bonds. The van der Waals surface area contributed by atoms with E-state index in [9.17, 15) is 4.79 Å². The van der Waals surface area contributed by atoms with Gasteiger partial charge in [-0.3, -0.25) is 4.79 Å². The first-order valence-electron chi connectivity index (χ1n) is 5.38. The van der Waals surface area contributed by atoms with Crippen LogP contribution in [0.3, 0.4) is 0 Å². The number of hydrogen-bond donors (Lipinski definition) is 3. The van der Waals surface area contributed by atoms with E-state index in [1.165, 1.54) is 0 Å². The molecule has 0 aliphatic heterocycles. The molecule has 3 N–H and O–H groups in total. The molecule has 1 aromatic carbocycles. The first-order valence-corrected chi connectivity index (χ1v) is 6.18. The van der Waals surface area contributed by atoms with Crippen molar-refractivity contribution in [2.45, 2.75) is 19.4 Å². The molecule has 0 fully saturated rings. The molecule has 0 heterocycles. The topological polar surface area (TPSA) is 61.4 Å². The van der Waals surface area contributed by atoms with Crippen molar-refractivity contribution in [2.24, 2.45) is 0 Å². The molecule has 0 radical (unpaired) electrons. The summed E-state index contributed by atoms with van der Waals surface area (Å²) < 4.78 is 0.913. The fourth-order valence-electron chi connectivity index (χ4n) is 1.30. The number of carbonyl (C=O) groups is 1. The minimum absolute atomic E-state index is 0.00753. The largest absolute Gasteiger partial charge is 0.395 e. The van der Waals surface area contributed by atoms with Crippen LogP contribution in [0.15, 0.2) is 28.7 Å². The number of hydrogen-bond acceptors (Lipinski definition) is 3. The predicted molar refractivity (Wildman–Crippen MR) is 71.9 cm³/mol. The van der Waals surface area contributed by atoms with Gasteiger partial charge >= 0.3 is 0 Å². The monoisotopic (exact) mass is 300 g/mol. The van der Waals surface area contributed by atoms with Gasteiger partial charge in [-0.25, -0.2) is 0 Å². The van der Waals surface area contributed by atoms with E-state index in [1.54, 1.807) is 13.8 Å². The van der Waals surface area contributed by atoms with Gasteiger partial charge in [0.25, 0.3) is 0 Å². The highest BCUT2D eigenvalue weighted by Gasteiger charge is 2.26. The van der Waals surface area contributed by atoms with Crippen LogP contribution >= 0.6 is 15.9 Å². The Kier molecular flexibility index (Phi) is 5.11. The minimum atomic E-state index is -0.717. The zero-order valence-corrected chi connectivity index (χ0v) is 11.5. The predicted octanol–water partition coefficient (Wildman–Crippen LogP) is 1.75. The number of β-amino-alcohol motifs (C(OH)–C–C–N with tert-alkyl or cyclic N) is 1. The van der Waals surface area contributed by atoms with Crippen LogP contribution in [0.4, 0.5) is 5.69 Å². The number of benzene rings is 1. The molecule has 0 saturated carbocycles. The lowest BCUT2D eigenvalue weighted by molar-refractivity contribution is -0.121. The van der Waals surface area contributed by atoms with Gasteiger partial charge in [-0.1, -0.05) is 22.0 Å². The van der Waals surface area contributed by atoms with Crippen LogP contribution in [0.5, 0.6) is 0 Å². The fraction of sp³-hybridized carbons (Fsp3) is 0.417. The van der Waals surface area contributed by atoms with Crippen LogP contribution in [-0.2, 0) is 4.79 Å². The van der Waals surface area contributed by atoms with Crippen LogP contribution in [0, 0.1) is 0 Å². The average Bonchev–Trinajstić information content (AvgIpc) is 2.26. The van der Waals surface area contributed by atoms with Crippen molar-refractivity contribution in [1.29, 1.82) is 0 Å². The molecular formula is C12H17BrN2O2. The van der Waals surface area contributed by atoms with Gasteiger partial charge in [0.1, 0.15) is 0 Å². The highest BCUT2D eigenvalue weighted by molar-refractivity contribution is 9.10. The summed E-state index contributed by atoms with van der Waals surface area (Å²) in [5, 5.41) is 14.5. The zero-order chi connectivity index (χ0) is 12.9.